The number of hydrogen-bond acceptors (Lipinski definition) is 3. The van der Waals surface area contributed by atoms with Gasteiger partial charge in [-0.3, -0.25) is 4.79 Å². The maximum Gasteiger partial charge on any atom is 0.328 e. The van der Waals surface area contributed by atoms with Crippen LogP contribution in [0.15, 0.2) is 23.8 Å². The van der Waals surface area contributed by atoms with Crippen LogP contribution in [-0.4, -0.2) is 27.6 Å². The summed E-state index contributed by atoms with van der Waals surface area (Å²) in [5, 5.41) is 21.0. The zero-order valence-electron chi connectivity index (χ0n) is 17.2. The van der Waals surface area contributed by atoms with Crippen molar-refractivity contribution in [3.8, 4) is 0 Å². The second-order valence-corrected chi connectivity index (χ2v) is 11.3. The summed E-state index contributed by atoms with van der Waals surface area (Å²) in [6, 6.07) is 0. The lowest BCUT2D eigenvalue weighted by Gasteiger charge is -2.59. The third kappa shape index (κ3) is 2.41. The molecule has 0 aromatic heterocycles. The Bertz CT molecular complexity index is 838. The van der Waals surface area contributed by atoms with Crippen LogP contribution < -0.4 is 0 Å². The van der Waals surface area contributed by atoms with Crippen molar-refractivity contribution in [2.24, 2.45) is 52.8 Å². The Morgan fingerprint density at radius 2 is 1.97 bits per heavy atom. The van der Waals surface area contributed by atoms with Gasteiger partial charge in [0.15, 0.2) is 5.78 Å². The number of carboxylic acid groups (broad SMARTS) is 1. The van der Waals surface area contributed by atoms with Crippen LogP contribution >= 0.6 is 0 Å². The van der Waals surface area contributed by atoms with Crippen molar-refractivity contribution in [3.05, 3.63) is 23.8 Å². The summed E-state index contributed by atoms with van der Waals surface area (Å²) in [4.78, 5) is 23.3. The number of aliphatic carboxylic acids is 1. The van der Waals surface area contributed by atoms with Gasteiger partial charge in [0.1, 0.15) is 0 Å². The molecule has 0 spiro atoms. The largest absolute Gasteiger partial charge is 0.478 e. The molecule has 0 unspecified atom stereocenters. The SMILES string of the molecule is C[C@]12CC[C@H]3[C@H]([C@@H]1[C@H]1C[C@H]1[C@@]2(O)/C=C\C(=O)O)[C@H](C1CC1)CC1=CC(=O)CC[C@@H]13. The van der Waals surface area contributed by atoms with E-state index in [0.29, 0.717) is 47.7 Å². The summed E-state index contributed by atoms with van der Waals surface area (Å²) in [6.45, 7) is 2.26. The first kappa shape index (κ1) is 18.4. The molecule has 0 bridgehead atoms. The van der Waals surface area contributed by atoms with Crippen molar-refractivity contribution in [3.63, 3.8) is 0 Å². The van der Waals surface area contributed by atoms with Crippen molar-refractivity contribution >= 4 is 11.8 Å². The van der Waals surface area contributed by atoms with Crippen LogP contribution in [0.3, 0.4) is 0 Å². The molecule has 0 radical (unpaired) electrons. The van der Waals surface area contributed by atoms with Gasteiger partial charge in [-0.2, -0.15) is 0 Å². The third-order valence-corrected chi connectivity index (χ3v) is 10.1. The molecule has 0 saturated heterocycles. The number of ketones is 1. The minimum atomic E-state index is -0.974. The first-order valence-corrected chi connectivity index (χ1v) is 11.7. The number of carbonyl (C=O) groups excluding carboxylic acids is 1. The van der Waals surface area contributed by atoms with Crippen molar-refractivity contribution in [1.82, 2.24) is 0 Å². The molecule has 4 nitrogen and oxygen atoms in total. The van der Waals surface area contributed by atoms with E-state index in [4.69, 9.17) is 0 Å². The van der Waals surface area contributed by atoms with Crippen LogP contribution in [0, 0.1) is 52.8 Å². The lowest BCUT2D eigenvalue weighted by molar-refractivity contribution is -0.134. The van der Waals surface area contributed by atoms with Gasteiger partial charge in [0.25, 0.3) is 0 Å². The lowest BCUT2D eigenvalue weighted by Crippen LogP contribution is -2.56. The van der Waals surface area contributed by atoms with E-state index in [1.165, 1.54) is 24.5 Å². The Balaban J connectivity index is 1.41. The Hall–Kier alpha value is -1.42. The number of carboxylic acids is 1. The number of aliphatic hydroxyl groups is 1. The summed E-state index contributed by atoms with van der Waals surface area (Å²) in [7, 11) is 0. The molecule has 2 N–H and O–H groups in total. The average molecular weight is 397 g/mol. The first-order chi connectivity index (χ1) is 13.8. The second-order valence-electron chi connectivity index (χ2n) is 11.3. The molecule has 0 amide bonds. The Morgan fingerprint density at radius 1 is 1.17 bits per heavy atom. The summed E-state index contributed by atoms with van der Waals surface area (Å²) in [5.74, 6) is 3.95. The van der Waals surface area contributed by atoms with Crippen molar-refractivity contribution in [1.29, 1.82) is 0 Å². The monoisotopic (exact) mass is 396 g/mol. The van der Waals surface area contributed by atoms with Gasteiger partial charge in [0.2, 0.25) is 0 Å². The van der Waals surface area contributed by atoms with E-state index in [2.05, 4.69) is 6.92 Å². The molecule has 156 valence electrons. The Kier molecular flexibility index (Phi) is 3.70. The minimum absolute atomic E-state index is 0.216. The van der Waals surface area contributed by atoms with Crippen molar-refractivity contribution in [2.75, 3.05) is 0 Å². The molecule has 6 aliphatic rings. The lowest BCUT2D eigenvalue weighted by atomic mass is 9.46. The van der Waals surface area contributed by atoms with E-state index in [9.17, 15) is 19.8 Å². The summed E-state index contributed by atoms with van der Waals surface area (Å²) in [6.07, 6.45) is 13.4. The molecule has 5 fully saturated rings. The highest BCUT2D eigenvalue weighted by atomic mass is 16.4. The Labute approximate surface area is 172 Å². The van der Waals surface area contributed by atoms with E-state index >= 15 is 0 Å². The van der Waals surface area contributed by atoms with Crippen LogP contribution in [0.25, 0.3) is 0 Å². The van der Waals surface area contributed by atoms with Gasteiger partial charge < -0.3 is 10.2 Å². The smallest absolute Gasteiger partial charge is 0.328 e. The standard InChI is InChI=1S/C25H32O4/c1-24-8-6-17-16-5-4-15(26)10-14(16)11-18(13-2-3-13)22(17)23(24)19-12-20(19)25(24,29)9-7-21(27)28/h7,9-10,13,16-20,22-23,29H,2-6,8,11-12H2,1H3,(H,27,28)/b9-7-/t16-,17+,18-,19-,20+,22-,23-,24-,25-/m0/s1. The molecular weight excluding hydrogens is 364 g/mol. The van der Waals surface area contributed by atoms with Crippen LogP contribution in [-0.2, 0) is 9.59 Å². The van der Waals surface area contributed by atoms with E-state index in [1.54, 1.807) is 6.08 Å². The number of allylic oxidation sites excluding steroid dienone is 1. The first-order valence-electron chi connectivity index (χ1n) is 11.7. The zero-order chi connectivity index (χ0) is 20.1. The van der Waals surface area contributed by atoms with E-state index in [-0.39, 0.29) is 11.3 Å². The van der Waals surface area contributed by atoms with Gasteiger partial charge in [0, 0.05) is 17.9 Å². The number of hydrogen-bond donors (Lipinski definition) is 2. The highest BCUT2D eigenvalue weighted by molar-refractivity contribution is 5.91. The summed E-state index contributed by atoms with van der Waals surface area (Å²) < 4.78 is 0. The number of carbonyl (C=O) groups is 2. The highest BCUT2D eigenvalue weighted by Crippen LogP contribution is 2.77. The quantitative estimate of drug-likeness (QED) is 0.708. The topological polar surface area (TPSA) is 74.6 Å². The van der Waals surface area contributed by atoms with Gasteiger partial charge in [-0.1, -0.05) is 12.5 Å². The molecular formula is C25H32O4. The van der Waals surface area contributed by atoms with Gasteiger partial charge in [-0.25, -0.2) is 4.79 Å². The van der Waals surface area contributed by atoms with Gasteiger partial charge in [-0.15, -0.1) is 0 Å². The predicted molar refractivity (Wildman–Crippen MR) is 108 cm³/mol. The molecule has 5 saturated carbocycles. The molecule has 0 aromatic rings. The molecule has 0 aromatic carbocycles. The molecule has 0 aliphatic heterocycles. The van der Waals surface area contributed by atoms with Crippen molar-refractivity contribution < 1.29 is 19.8 Å². The van der Waals surface area contributed by atoms with E-state index in [0.717, 1.165) is 38.0 Å². The van der Waals surface area contributed by atoms with Crippen LogP contribution in [0.5, 0.6) is 0 Å². The molecule has 0 heterocycles. The normalized spacial score (nSPS) is 53.0. The average Bonchev–Trinajstić information content (AvgIpc) is 3.58. The van der Waals surface area contributed by atoms with Crippen molar-refractivity contribution in [2.45, 2.75) is 63.9 Å². The maximum absolute atomic E-state index is 12.1. The fraction of sp³-hybridized carbons (Fsp3) is 0.760. The molecule has 9 atom stereocenters. The fourth-order valence-electron chi connectivity index (χ4n) is 8.83. The van der Waals surface area contributed by atoms with Gasteiger partial charge in [0.05, 0.1) is 5.60 Å². The van der Waals surface area contributed by atoms with Gasteiger partial charge in [-0.05, 0) is 104 Å². The molecule has 6 aliphatic carbocycles. The molecule has 4 heteroatoms. The van der Waals surface area contributed by atoms with Crippen LogP contribution in [0.1, 0.15) is 58.3 Å². The van der Waals surface area contributed by atoms with Gasteiger partial charge >= 0.3 is 5.97 Å². The number of rotatable bonds is 3. The predicted octanol–water partition coefficient (Wildman–Crippen LogP) is 3.99. The third-order valence-electron chi connectivity index (χ3n) is 10.1. The summed E-state index contributed by atoms with van der Waals surface area (Å²) >= 11 is 0. The summed E-state index contributed by atoms with van der Waals surface area (Å²) in [5.41, 5.74) is 0.250. The second kappa shape index (κ2) is 5.84. The van der Waals surface area contributed by atoms with Crippen LogP contribution in [0.4, 0.5) is 0 Å². The fourth-order valence-corrected chi connectivity index (χ4v) is 8.83. The number of fused-ring (bicyclic) bond motifs is 7. The Morgan fingerprint density at radius 3 is 2.69 bits per heavy atom. The van der Waals surface area contributed by atoms with E-state index < -0.39 is 11.6 Å². The highest BCUT2D eigenvalue weighted by Gasteiger charge is 2.76. The minimum Gasteiger partial charge on any atom is -0.478 e. The van der Waals surface area contributed by atoms with E-state index in [1.807, 2.05) is 6.08 Å². The maximum atomic E-state index is 12.1. The molecule has 29 heavy (non-hydrogen) atoms. The van der Waals surface area contributed by atoms with Crippen LogP contribution in [0.2, 0.25) is 0 Å². The molecule has 6 rings (SSSR count). The zero-order valence-corrected chi connectivity index (χ0v) is 17.2.